The maximum absolute atomic E-state index is 5.48. The minimum atomic E-state index is 0.796. The van der Waals surface area contributed by atoms with Crippen LogP contribution in [0.5, 0.6) is 0 Å². The molecule has 12 heavy (non-hydrogen) atoms. The first-order chi connectivity index (χ1) is 5.75. The maximum Gasteiger partial charge on any atom is -0.00425 e. The predicted octanol–water partition coefficient (Wildman–Crippen LogP) is 2.72. The second-order valence-electron chi connectivity index (χ2n) is 4.01. The monoisotopic (exact) mass is 167 g/mol. The molecule has 1 heteroatoms. The molecule has 1 fully saturated rings. The van der Waals surface area contributed by atoms with Crippen molar-refractivity contribution in [2.24, 2.45) is 17.6 Å². The van der Waals surface area contributed by atoms with Crippen molar-refractivity contribution in [1.82, 2.24) is 0 Å². The van der Waals surface area contributed by atoms with Crippen molar-refractivity contribution in [2.45, 2.75) is 39.5 Å². The van der Waals surface area contributed by atoms with Gasteiger partial charge in [-0.3, -0.25) is 0 Å². The molecule has 0 radical (unpaired) electrons. The van der Waals surface area contributed by atoms with Crippen molar-refractivity contribution in [3.8, 4) is 0 Å². The van der Waals surface area contributed by atoms with Crippen molar-refractivity contribution < 1.29 is 0 Å². The number of hydrogen-bond acceptors (Lipinski definition) is 1. The van der Waals surface area contributed by atoms with Crippen molar-refractivity contribution >= 4 is 0 Å². The molecular formula is C11H21N. The highest BCUT2D eigenvalue weighted by molar-refractivity contribution is 5.09. The molecule has 2 N–H and O–H groups in total. The van der Waals surface area contributed by atoms with E-state index in [1.165, 1.54) is 19.3 Å². The van der Waals surface area contributed by atoms with Crippen LogP contribution in [-0.4, -0.2) is 6.54 Å². The average molecular weight is 167 g/mol. The van der Waals surface area contributed by atoms with Crippen LogP contribution in [-0.2, 0) is 0 Å². The molecule has 2 unspecified atom stereocenters. The summed E-state index contributed by atoms with van der Waals surface area (Å²) < 4.78 is 0. The summed E-state index contributed by atoms with van der Waals surface area (Å²) in [6.45, 7) is 5.51. The Morgan fingerprint density at radius 2 is 2.25 bits per heavy atom. The first-order valence-electron chi connectivity index (χ1n) is 5.14. The lowest BCUT2D eigenvalue weighted by Crippen LogP contribution is -2.16. The van der Waals surface area contributed by atoms with Gasteiger partial charge in [-0.05, 0) is 44.1 Å². The van der Waals surface area contributed by atoms with E-state index in [4.69, 9.17) is 5.73 Å². The lowest BCUT2D eigenvalue weighted by molar-refractivity contribution is 0.349. The van der Waals surface area contributed by atoms with Crippen LogP contribution in [0.15, 0.2) is 11.6 Å². The molecule has 1 nitrogen and oxygen atoms in total. The molecule has 0 heterocycles. The SMILES string of the molecule is CC1CCCC(=CCCN)C1C. The summed E-state index contributed by atoms with van der Waals surface area (Å²) in [5.41, 5.74) is 7.13. The molecule has 70 valence electrons. The largest absolute Gasteiger partial charge is 0.330 e. The Labute approximate surface area is 76.0 Å². The first kappa shape index (κ1) is 9.79. The molecule has 0 aromatic rings. The molecule has 0 aromatic heterocycles. The van der Waals surface area contributed by atoms with Crippen molar-refractivity contribution in [2.75, 3.05) is 6.54 Å². The highest BCUT2D eigenvalue weighted by Crippen LogP contribution is 2.33. The quantitative estimate of drug-likeness (QED) is 0.629. The van der Waals surface area contributed by atoms with Crippen LogP contribution in [0.1, 0.15) is 39.5 Å². The van der Waals surface area contributed by atoms with E-state index in [0.29, 0.717) is 0 Å². The van der Waals surface area contributed by atoms with Gasteiger partial charge in [-0.2, -0.15) is 0 Å². The molecule has 0 aromatic carbocycles. The predicted molar refractivity (Wildman–Crippen MR) is 53.9 cm³/mol. The van der Waals surface area contributed by atoms with Gasteiger partial charge in [0, 0.05) is 0 Å². The van der Waals surface area contributed by atoms with Crippen LogP contribution in [0.25, 0.3) is 0 Å². The number of rotatable bonds is 2. The summed E-state index contributed by atoms with van der Waals surface area (Å²) in [6, 6.07) is 0. The Morgan fingerprint density at radius 3 is 2.92 bits per heavy atom. The highest BCUT2D eigenvalue weighted by atomic mass is 14.5. The third-order valence-corrected chi connectivity index (χ3v) is 3.14. The lowest BCUT2D eigenvalue weighted by Gasteiger charge is -2.28. The van der Waals surface area contributed by atoms with Crippen LogP contribution in [0.2, 0.25) is 0 Å². The lowest BCUT2D eigenvalue weighted by atomic mass is 9.77. The van der Waals surface area contributed by atoms with E-state index in [1.54, 1.807) is 5.57 Å². The van der Waals surface area contributed by atoms with Crippen LogP contribution >= 0.6 is 0 Å². The van der Waals surface area contributed by atoms with Crippen molar-refractivity contribution in [3.63, 3.8) is 0 Å². The van der Waals surface area contributed by atoms with Crippen LogP contribution < -0.4 is 5.73 Å². The van der Waals surface area contributed by atoms with Gasteiger partial charge in [0.1, 0.15) is 0 Å². The summed E-state index contributed by atoms with van der Waals surface area (Å²) in [5, 5.41) is 0. The molecule has 0 saturated heterocycles. The second kappa shape index (κ2) is 4.66. The summed E-state index contributed by atoms with van der Waals surface area (Å²) in [7, 11) is 0. The summed E-state index contributed by atoms with van der Waals surface area (Å²) >= 11 is 0. The standard InChI is InChI=1S/C11H21N/c1-9-5-3-6-11(10(9)2)7-4-8-12/h7,9-10H,3-6,8,12H2,1-2H3. The minimum Gasteiger partial charge on any atom is -0.330 e. The molecule has 0 amide bonds. The first-order valence-corrected chi connectivity index (χ1v) is 5.14. The van der Waals surface area contributed by atoms with Crippen LogP contribution in [0.4, 0.5) is 0 Å². The summed E-state index contributed by atoms with van der Waals surface area (Å²) in [6.07, 6.45) is 7.52. The third-order valence-electron chi connectivity index (χ3n) is 3.14. The molecule has 0 bridgehead atoms. The van der Waals surface area contributed by atoms with Crippen molar-refractivity contribution in [3.05, 3.63) is 11.6 Å². The molecule has 1 aliphatic carbocycles. The van der Waals surface area contributed by atoms with E-state index >= 15 is 0 Å². The van der Waals surface area contributed by atoms with Gasteiger partial charge in [0.2, 0.25) is 0 Å². The third kappa shape index (κ3) is 2.34. The fraction of sp³-hybridized carbons (Fsp3) is 0.818. The Hall–Kier alpha value is -0.300. The molecule has 0 aliphatic heterocycles. The molecule has 1 rings (SSSR count). The number of allylic oxidation sites excluding steroid dienone is 1. The molecule has 1 aliphatic rings. The van der Waals surface area contributed by atoms with Crippen LogP contribution in [0.3, 0.4) is 0 Å². The van der Waals surface area contributed by atoms with Gasteiger partial charge in [0.25, 0.3) is 0 Å². The van der Waals surface area contributed by atoms with Gasteiger partial charge < -0.3 is 5.73 Å². The molecule has 2 atom stereocenters. The zero-order chi connectivity index (χ0) is 8.97. The zero-order valence-electron chi connectivity index (χ0n) is 8.34. The van der Waals surface area contributed by atoms with Gasteiger partial charge in [0.15, 0.2) is 0 Å². The smallest absolute Gasteiger partial charge is 0.00425 e. The molecular weight excluding hydrogens is 146 g/mol. The zero-order valence-corrected chi connectivity index (χ0v) is 8.34. The fourth-order valence-electron chi connectivity index (χ4n) is 2.03. The number of nitrogens with two attached hydrogens (primary N) is 1. The molecule has 0 spiro atoms. The Kier molecular flexibility index (Phi) is 3.80. The Balaban J connectivity index is 2.51. The van der Waals surface area contributed by atoms with Gasteiger partial charge in [-0.1, -0.05) is 25.5 Å². The minimum absolute atomic E-state index is 0.796. The Bertz CT molecular complexity index is 160. The van der Waals surface area contributed by atoms with E-state index in [0.717, 1.165) is 24.8 Å². The van der Waals surface area contributed by atoms with Gasteiger partial charge in [0.05, 0.1) is 0 Å². The van der Waals surface area contributed by atoms with Gasteiger partial charge in [-0.15, -0.1) is 0 Å². The normalized spacial score (nSPS) is 34.1. The van der Waals surface area contributed by atoms with Crippen molar-refractivity contribution in [1.29, 1.82) is 0 Å². The Morgan fingerprint density at radius 1 is 1.50 bits per heavy atom. The van der Waals surface area contributed by atoms with Gasteiger partial charge in [-0.25, -0.2) is 0 Å². The van der Waals surface area contributed by atoms with Gasteiger partial charge >= 0.3 is 0 Å². The summed E-state index contributed by atoms with van der Waals surface area (Å²) in [5.74, 6) is 1.67. The second-order valence-corrected chi connectivity index (χ2v) is 4.01. The topological polar surface area (TPSA) is 26.0 Å². The van der Waals surface area contributed by atoms with E-state index < -0.39 is 0 Å². The van der Waals surface area contributed by atoms with E-state index in [1.807, 2.05) is 0 Å². The highest BCUT2D eigenvalue weighted by Gasteiger charge is 2.20. The van der Waals surface area contributed by atoms with E-state index in [9.17, 15) is 0 Å². The maximum atomic E-state index is 5.48. The van der Waals surface area contributed by atoms with E-state index in [-0.39, 0.29) is 0 Å². The summed E-state index contributed by atoms with van der Waals surface area (Å²) in [4.78, 5) is 0. The average Bonchev–Trinajstić information content (AvgIpc) is 2.08. The molecule has 1 saturated carbocycles. The number of hydrogen-bond donors (Lipinski definition) is 1. The fourth-order valence-corrected chi connectivity index (χ4v) is 2.03. The van der Waals surface area contributed by atoms with E-state index in [2.05, 4.69) is 19.9 Å². The van der Waals surface area contributed by atoms with Crippen LogP contribution in [0, 0.1) is 11.8 Å².